The maximum atomic E-state index is 12.1. The summed E-state index contributed by atoms with van der Waals surface area (Å²) in [6.07, 6.45) is 4.62. The van der Waals surface area contributed by atoms with Crippen LogP contribution in [0.2, 0.25) is 0 Å². The van der Waals surface area contributed by atoms with E-state index in [-0.39, 0.29) is 18.4 Å². The van der Waals surface area contributed by atoms with Gasteiger partial charge in [0.2, 0.25) is 0 Å². The zero-order chi connectivity index (χ0) is 13.0. The van der Waals surface area contributed by atoms with Crippen molar-refractivity contribution in [2.24, 2.45) is 0 Å². The van der Waals surface area contributed by atoms with Crippen LogP contribution in [0.5, 0.6) is 0 Å². The molecule has 2 rings (SSSR count). The number of aliphatic hydroxyl groups is 1. The lowest BCUT2D eigenvalue weighted by Gasteiger charge is -2.13. The summed E-state index contributed by atoms with van der Waals surface area (Å²) in [7, 11) is 0. The minimum absolute atomic E-state index is 0.00823. The van der Waals surface area contributed by atoms with E-state index >= 15 is 0 Å². The van der Waals surface area contributed by atoms with Gasteiger partial charge in [0.05, 0.1) is 0 Å². The lowest BCUT2D eigenvalue weighted by atomic mass is 9.99. The van der Waals surface area contributed by atoms with Crippen molar-refractivity contribution in [1.82, 2.24) is 5.32 Å². The highest BCUT2D eigenvalue weighted by Crippen LogP contribution is 2.19. The molecule has 0 aliphatic heterocycles. The Kier molecular flexibility index (Phi) is 4.37. The molecule has 1 aromatic rings. The van der Waals surface area contributed by atoms with E-state index in [1.807, 2.05) is 31.2 Å². The largest absolute Gasteiger partial charge is 0.396 e. The van der Waals surface area contributed by atoms with Gasteiger partial charge in [-0.1, -0.05) is 31.9 Å². The van der Waals surface area contributed by atoms with Crippen molar-refractivity contribution in [2.75, 3.05) is 6.61 Å². The van der Waals surface area contributed by atoms with Crippen LogP contribution in [-0.4, -0.2) is 23.7 Å². The molecule has 0 heterocycles. The number of benzene rings is 1. The first-order valence-electron chi connectivity index (χ1n) is 6.72. The molecule has 3 nitrogen and oxygen atoms in total. The highest BCUT2D eigenvalue weighted by molar-refractivity contribution is 5.94. The first-order valence-corrected chi connectivity index (χ1v) is 6.72. The lowest BCUT2D eigenvalue weighted by molar-refractivity contribution is 0.0937. The molecule has 18 heavy (non-hydrogen) atoms. The zero-order valence-electron chi connectivity index (χ0n) is 10.9. The van der Waals surface area contributed by atoms with Crippen molar-refractivity contribution >= 4 is 5.91 Å². The van der Waals surface area contributed by atoms with E-state index in [1.54, 1.807) is 0 Å². The van der Waals surface area contributed by atoms with Crippen LogP contribution >= 0.6 is 0 Å². The quantitative estimate of drug-likeness (QED) is 0.858. The number of carbonyl (C=O) groups excluding carboxylic acids is 1. The second-order valence-electron chi connectivity index (χ2n) is 5.16. The summed E-state index contributed by atoms with van der Waals surface area (Å²) in [4.78, 5) is 12.1. The molecule has 0 aromatic heterocycles. The van der Waals surface area contributed by atoms with Crippen LogP contribution in [0, 0.1) is 0 Å². The fraction of sp³-hybridized carbons (Fsp3) is 0.533. The van der Waals surface area contributed by atoms with E-state index in [1.165, 1.54) is 12.8 Å². The molecule has 2 N–H and O–H groups in total. The van der Waals surface area contributed by atoms with Crippen molar-refractivity contribution in [1.29, 1.82) is 0 Å². The van der Waals surface area contributed by atoms with Gasteiger partial charge in [-0.15, -0.1) is 0 Å². The Labute approximate surface area is 108 Å². The molecular formula is C15H21NO2. The number of nitrogens with one attached hydrogen (secondary N) is 1. The van der Waals surface area contributed by atoms with Gasteiger partial charge in [-0.3, -0.25) is 4.79 Å². The fourth-order valence-electron chi connectivity index (χ4n) is 2.43. The molecule has 1 amide bonds. The molecule has 1 aliphatic rings. The van der Waals surface area contributed by atoms with Gasteiger partial charge in [-0.2, -0.15) is 0 Å². The standard InChI is InChI=1S/C15H21NO2/c1-11(10-17)12-5-4-6-13(9-12)15(18)16-14-7-2-3-8-14/h4-6,9,11,14,17H,2-3,7-8,10H2,1H3,(H,16,18)/t11-/m1/s1. The molecule has 1 atom stereocenters. The van der Waals surface area contributed by atoms with Crippen LogP contribution in [0.1, 0.15) is 54.4 Å². The van der Waals surface area contributed by atoms with Crippen molar-refractivity contribution in [2.45, 2.75) is 44.6 Å². The highest BCUT2D eigenvalue weighted by atomic mass is 16.3. The Hall–Kier alpha value is -1.35. The van der Waals surface area contributed by atoms with E-state index < -0.39 is 0 Å². The predicted octanol–water partition coefficient (Wildman–Crippen LogP) is 2.45. The summed E-state index contributed by atoms with van der Waals surface area (Å²) in [6.45, 7) is 2.06. The molecule has 0 unspecified atom stereocenters. The first-order chi connectivity index (χ1) is 8.70. The van der Waals surface area contributed by atoms with Crippen LogP contribution in [0.4, 0.5) is 0 Å². The van der Waals surface area contributed by atoms with Gasteiger partial charge in [0.25, 0.3) is 5.91 Å². The summed E-state index contributed by atoms with van der Waals surface area (Å²) in [5, 5.41) is 12.2. The molecule has 98 valence electrons. The van der Waals surface area contributed by atoms with Crippen molar-refractivity contribution in [3.63, 3.8) is 0 Å². The van der Waals surface area contributed by atoms with Crippen molar-refractivity contribution < 1.29 is 9.90 Å². The normalized spacial score (nSPS) is 17.7. The Morgan fingerprint density at radius 1 is 1.44 bits per heavy atom. The van der Waals surface area contributed by atoms with Crippen molar-refractivity contribution in [3.8, 4) is 0 Å². The monoisotopic (exact) mass is 247 g/mol. The highest BCUT2D eigenvalue weighted by Gasteiger charge is 2.18. The van der Waals surface area contributed by atoms with E-state index in [0.29, 0.717) is 11.6 Å². The summed E-state index contributed by atoms with van der Waals surface area (Å²) >= 11 is 0. The smallest absolute Gasteiger partial charge is 0.251 e. The number of hydrogen-bond acceptors (Lipinski definition) is 2. The third kappa shape index (κ3) is 3.10. The third-order valence-electron chi connectivity index (χ3n) is 3.68. The predicted molar refractivity (Wildman–Crippen MR) is 71.7 cm³/mol. The number of aliphatic hydroxyl groups excluding tert-OH is 1. The van der Waals surface area contributed by atoms with Crippen molar-refractivity contribution in [3.05, 3.63) is 35.4 Å². The molecule has 1 saturated carbocycles. The third-order valence-corrected chi connectivity index (χ3v) is 3.68. The molecule has 0 radical (unpaired) electrons. The molecule has 1 aromatic carbocycles. The average Bonchev–Trinajstić information content (AvgIpc) is 2.90. The van der Waals surface area contributed by atoms with Gasteiger partial charge in [-0.25, -0.2) is 0 Å². The minimum Gasteiger partial charge on any atom is -0.396 e. The van der Waals surface area contributed by atoms with Gasteiger partial charge < -0.3 is 10.4 Å². The molecule has 1 fully saturated rings. The first kappa shape index (κ1) is 13.1. The van der Waals surface area contributed by atoms with E-state index in [9.17, 15) is 4.79 Å². The summed E-state index contributed by atoms with van der Waals surface area (Å²) in [6, 6.07) is 7.89. The van der Waals surface area contributed by atoms with E-state index in [0.717, 1.165) is 18.4 Å². The van der Waals surface area contributed by atoms with Crippen LogP contribution < -0.4 is 5.32 Å². The summed E-state index contributed by atoms with van der Waals surface area (Å²) in [5.74, 6) is 0.0816. The second-order valence-corrected chi connectivity index (χ2v) is 5.16. The van der Waals surface area contributed by atoms with Gasteiger partial charge in [-0.05, 0) is 30.5 Å². The van der Waals surface area contributed by atoms with Gasteiger partial charge in [0.15, 0.2) is 0 Å². The van der Waals surface area contributed by atoms with Gasteiger partial charge >= 0.3 is 0 Å². The maximum Gasteiger partial charge on any atom is 0.251 e. The Morgan fingerprint density at radius 2 is 2.17 bits per heavy atom. The Morgan fingerprint density at radius 3 is 2.83 bits per heavy atom. The fourth-order valence-corrected chi connectivity index (χ4v) is 2.43. The van der Waals surface area contributed by atoms with E-state index in [2.05, 4.69) is 5.32 Å². The Bertz CT molecular complexity index is 411. The molecule has 0 saturated heterocycles. The number of carbonyl (C=O) groups is 1. The minimum atomic E-state index is 0.00823. The molecule has 0 spiro atoms. The van der Waals surface area contributed by atoms with Gasteiger partial charge in [0, 0.05) is 24.1 Å². The number of hydrogen-bond donors (Lipinski definition) is 2. The molecule has 0 bridgehead atoms. The van der Waals surface area contributed by atoms with E-state index in [4.69, 9.17) is 5.11 Å². The molecule has 3 heteroatoms. The molecule has 1 aliphatic carbocycles. The maximum absolute atomic E-state index is 12.1. The van der Waals surface area contributed by atoms with Crippen LogP contribution in [0.15, 0.2) is 24.3 Å². The number of amides is 1. The molecular weight excluding hydrogens is 226 g/mol. The van der Waals surface area contributed by atoms with Crippen LogP contribution in [-0.2, 0) is 0 Å². The van der Waals surface area contributed by atoms with Crippen LogP contribution in [0.3, 0.4) is 0 Å². The average molecular weight is 247 g/mol. The summed E-state index contributed by atoms with van der Waals surface area (Å²) in [5.41, 5.74) is 1.70. The van der Waals surface area contributed by atoms with Crippen LogP contribution in [0.25, 0.3) is 0 Å². The second kappa shape index (κ2) is 6.01. The summed E-state index contributed by atoms with van der Waals surface area (Å²) < 4.78 is 0. The SMILES string of the molecule is C[C@H](CO)c1cccc(C(=O)NC2CCCC2)c1. The topological polar surface area (TPSA) is 49.3 Å². The zero-order valence-corrected chi connectivity index (χ0v) is 10.9. The van der Waals surface area contributed by atoms with Gasteiger partial charge in [0.1, 0.15) is 0 Å². The Balaban J connectivity index is 2.05. The number of rotatable bonds is 4. The lowest BCUT2D eigenvalue weighted by Crippen LogP contribution is -2.32.